The molecule has 0 saturated heterocycles. The van der Waals surface area contributed by atoms with Gasteiger partial charge in [-0.3, -0.25) is 4.79 Å². The molecular formula is C16H20Cl2N2O3S. The SMILES string of the molecule is O=C(CNS(=O)(=O)c1cc(Cl)ccc1Cl)NCCC1=CCCCC1. The van der Waals surface area contributed by atoms with Crippen molar-refractivity contribution in [1.29, 1.82) is 0 Å². The maximum absolute atomic E-state index is 12.2. The Morgan fingerprint density at radius 2 is 2.00 bits per heavy atom. The number of hydrogen-bond donors (Lipinski definition) is 2. The van der Waals surface area contributed by atoms with Gasteiger partial charge in [0.05, 0.1) is 11.6 Å². The zero-order valence-corrected chi connectivity index (χ0v) is 15.5. The van der Waals surface area contributed by atoms with Crippen LogP contribution in [0.4, 0.5) is 0 Å². The average molecular weight is 391 g/mol. The van der Waals surface area contributed by atoms with Gasteiger partial charge in [-0.1, -0.05) is 34.9 Å². The van der Waals surface area contributed by atoms with Gasteiger partial charge in [0.15, 0.2) is 0 Å². The number of rotatable bonds is 7. The van der Waals surface area contributed by atoms with E-state index in [-0.39, 0.29) is 27.4 Å². The largest absolute Gasteiger partial charge is 0.355 e. The van der Waals surface area contributed by atoms with Crippen LogP contribution >= 0.6 is 23.2 Å². The minimum absolute atomic E-state index is 0.0524. The molecule has 1 amide bonds. The molecule has 0 aliphatic heterocycles. The summed E-state index contributed by atoms with van der Waals surface area (Å²) in [5, 5.41) is 3.02. The molecule has 0 spiro atoms. The molecule has 5 nitrogen and oxygen atoms in total. The minimum Gasteiger partial charge on any atom is -0.355 e. The van der Waals surface area contributed by atoms with Crippen LogP contribution < -0.4 is 10.0 Å². The second-order valence-corrected chi connectivity index (χ2v) is 8.19. The van der Waals surface area contributed by atoms with Gasteiger partial charge in [-0.2, -0.15) is 0 Å². The van der Waals surface area contributed by atoms with E-state index in [0.29, 0.717) is 6.54 Å². The molecule has 8 heteroatoms. The highest BCUT2D eigenvalue weighted by atomic mass is 35.5. The Morgan fingerprint density at radius 3 is 2.71 bits per heavy atom. The van der Waals surface area contributed by atoms with Crippen LogP contribution in [0.15, 0.2) is 34.7 Å². The van der Waals surface area contributed by atoms with Crippen LogP contribution in [-0.2, 0) is 14.8 Å². The molecule has 0 radical (unpaired) electrons. The van der Waals surface area contributed by atoms with Gasteiger partial charge in [-0.15, -0.1) is 0 Å². The zero-order valence-electron chi connectivity index (χ0n) is 13.1. The summed E-state index contributed by atoms with van der Waals surface area (Å²) in [6, 6.07) is 4.14. The molecule has 1 aliphatic carbocycles. The number of carbonyl (C=O) groups is 1. The number of sulfonamides is 1. The molecule has 0 atom stereocenters. The fourth-order valence-corrected chi connectivity index (χ4v) is 4.22. The summed E-state index contributed by atoms with van der Waals surface area (Å²) in [6.07, 6.45) is 7.63. The van der Waals surface area contributed by atoms with E-state index in [1.54, 1.807) is 0 Å². The van der Waals surface area contributed by atoms with Crippen LogP contribution in [0.2, 0.25) is 10.0 Å². The molecule has 0 bridgehead atoms. The van der Waals surface area contributed by atoms with Gasteiger partial charge in [-0.25, -0.2) is 13.1 Å². The van der Waals surface area contributed by atoms with Crippen molar-refractivity contribution in [3.05, 3.63) is 39.9 Å². The topological polar surface area (TPSA) is 75.3 Å². The van der Waals surface area contributed by atoms with E-state index >= 15 is 0 Å². The molecule has 2 N–H and O–H groups in total. The molecule has 0 heterocycles. The van der Waals surface area contributed by atoms with Crippen molar-refractivity contribution in [1.82, 2.24) is 10.0 Å². The van der Waals surface area contributed by atoms with Crippen molar-refractivity contribution in [3.63, 3.8) is 0 Å². The van der Waals surface area contributed by atoms with E-state index < -0.39 is 10.0 Å². The third kappa shape index (κ3) is 5.77. The molecule has 0 unspecified atom stereocenters. The molecule has 1 aromatic rings. The summed E-state index contributed by atoms with van der Waals surface area (Å²) >= 11 is 11.7. The second kappa shape index (κ2) is 8.85. The fourth-order valence-electron chi connectivity index (χ4n) is 2.48. The van der Waals surface area contributed by atoms with Crippen LogP contribution in [0.1, 0.15) is 32.1 Å². The highest BCUT2D eigenvalue weighted by molar-refractivity contribution is 7.89. The number of amides is 1. The number of hydrogen-bond acceptors (Lipinski definition) is 3. The first kappa shape index (κ1) is 19.2. The predicted octanol–water partition coefficient (Wildman–Crippen LogP) is 3.28. The standard InChI is InChI=1S/C16H20Cl2N2O3S/c17-13-6-7-14(18)15(10-13)24(22,23)20-11-16(21)19-9-8-12-4-2-1-3-5-12/h4,6-7,10,20H,1-3,5,8-9,11H2,(H,19,21). The fraction of sp³-hybridized carbons (Fsp3) is 0.438. The van der Waals surface area contributed by atoms with Gasteiger partial charge in [0.2, 0.25) is 15.9 Å². The van der Waals surface area contributed by atoms with Crippen molar-refractivity contribution in [3.8, 4) is 0 Å². The van der Waals surface area contributed by atoms with E-state index in [9.17, 15) is 13.2 Å². The molecule has 24 heavy (non-hydrogen) atoms. The van der Waals surface area contributed by atoms with Gasteiger partial charge in [0.1, 0.15) is 4.90 Å². The number of allylic oxidation sites excluding steroid dienone is 1. The summed E-state index contributed by atoms with van der Waals surface area (Å²) < 4.78 is 26.6. The Balaban J connectivity index is 1.82. The third-order valence-corrected chi connectivity index (χ3v) is 5.88. The Hall–Kier alpha value is -1.08. The smallest absolute Gasteiger partial charge is 0.242 e. The van der Waals surface area contributed by atoms with Gasteiger partial charge < -0.3 is 5.32 Å². The molecule has 0 saturated carbocycles. The molecule has 2 rings (SSSR count). The normalized spacial score (nSPS) is 15.0. The number of nitrogens with one attached hydrogen (secondary N) is 2. The van der Waals surface area contributed by atoms with Crippen molar-refractivity contribution in [2.24, 2.45) is 0 Å². The minimum atomic E-state index is -3.89. The maximum atomic E-state index is 12.2. The number of carbonyl (C=O) groups excluding carboxylic acids is 1. The Morgan fingerprint density at radius 1 is 1.21 bits per heavy atom. The van der Waals surface area contributed by atoms with Gasteiger partial charge >= 0.3 is 0 Å². The molecule has 1 aromatic carbocycles. The summed E-state index contributed by atoms with van der Waals surface area (Å²) in [4.78, 5) is 11.7. The first-order valence-electron chi connectivity index (χ1n) is 7.78. The summed E-state index contributed by atoms with van der Waals surface area (Å²) in [5.74, 6) is -0.381. The lowest BCUT2D eigenvalue weighted by Crippen LogP contribution is -2.37. The van der Waals surface area contributed by atoms with Crippen molar-refractivity contribution in [2.75, 3.05) is 13.1 Å². The average Bonchev–Trinajstić information content (AvgIpc) is 2.56. The Bertz CT molecular complexity index is 733. The molecule has 132 valence electrons. The van der Waals surface area contributed by atoms with Crippen LogP contribution in [0.5, 0.6) is 0 Å². The van der Waals surface area contributed by atoms with Crippen molar-refractivity contribution < 1.29 is 13.2 Å². The summed E-state index contributed by atoms with van der Waals surface area (Å²) in [5.41, 5.74) is 1.35. The quantitative estimate of drug-likeness (QED) is 0.701. The molecule has 1 aliphatic rings. The lowest BCUT2D eigenvalue weighted by Gasteiger charge is -2.13. The van der Waals surface area contributed by atoms with E-state index in [4.69, 9.17) is 23.2 Å². The monoisotopic (exact) mass is 390 g/mol. The Labute approximate surface area is 152 Å². The zero-order chi connectivity index (χ0) is 17.6. The number of halogens is 2. The van der Waals surface area contributed by atoms with E-state index in [1.807, 2.05) is 0 Å². The first-order valence-corrected chi connectivity index (χ1v) is 10.0. The highest BCUT2D eigenvalue weighted by Gasteiger charge is 2.19. The number of benzene rings is 1. The molecular weight excluding hydrogens is 371 g/mol. The van der Waals surface area contributed by atoms with Crippen LogP contribution in [0, 0.1) is 0 Å². The third-order valence-electron chi connectivity index (χ3n) is 3.76. The summed E-state index contributed by atoms with van der Waals surface area (Å²) in [7, 11) is -3.89. The maximum Gasteiger partial charge on any atom is 0.242 e. The van der Waals surface area contributed by atoms with Crippen molar-refractivity contribution in [2.45, 2.75) is 37.0 Å². The lowest BCUT2D eigenvalue weighted by atomic mass is 9.97. The van der Waals surface area contributed by atoms with Gasteiger partial charge in [0, 0.05) is 11.6 Å². The highest BCUT2D eigenvalue weighted by Crippen LogP contribution is 2.24. The van der Waals surface area contributed by atoms with Gasteiger partial charge in [0.25, 0.3) is 0 Å². The first-order chi connectivity index (χ1) is 11.4. The lowest BCUT2D eigenvalue weighted by molar-refractivity contribution is -0.119. The molecule has 0 aromatic heterocycles. The predicted molar refractivity (Wildman–Crippen MR) is 95.8 cm³/mol. The van der Waals surface area contributed by atoms with Crippen LogP contribution in [0.3, 0.4) is 0 Å². The second-order valence-electron chi connectivity index (χ2n) is 5.61. The van der Waals surface area contributed by atoms with Crippen LogP contribution in [-0.4, -0.2) is 27.4 Å². The van der Waals surface area contributed by atoms with E-state index in [2.05, 4.69) is 16.1 Å². The van der Waals surface area contributed by atoms with Crippen molar-refractivity contribution >= 4 is 39.1 Å². The van der Waals surface area contributed by atoms with E-state index in [1.165, 1.54) is 36.6 Å². The van der Waals surface area contributed by atoms with Gasteiger partial charge in [-0.05, 0) is 50.3 Å². The van der Waals surface area contributed by atoms with Crippen LogP contribution in [0.25, 0.3) is 0 Å². The summed E-state index contributed by atoms with van der Waals surface area (Å²) in [6.45, 7) is 0.161. The van der Waals surface area contributed by atoms with E-state index in [0.717, 1.165) is 19.3 Å². The Kier molecular flexibility index (Phi) is 7.10. The molecule has 0 fully saturated rings.